The molecule has 0 saturated heterocycles. The third-order valence-electron chi connectivity index (χ3n) is 5.14. The Labute approximate surface area is 199 Å². The largest absolute Gasteiger partial charge is 0.444 e. The summed E-state index contributed by atoms with van der Waals surface area (Å²) in [6, 6.07) is 6.06. The van der Waals surface area contributed by atoms with Crippen LogP contribution in [0.5, 0.6) is 0 Å². The molecule has 0 radical (unpaired) electrons. The van der Waals surface area contributed by atoms with Crippen LogP contribution in [0.25, 0.3) is 0 Å². The molecule has 186 valence electrons. The Morgan fingerprint density at radius 2 is 1.64 bits per heavy atom. The zero-order valence-corrected chi connectivity index (χ0v) is 21.7. The summed E-state index contributed by atoms with van der Waals surface area (Å²) in [5.74, 6) is -0.700. The normalized spacial score (nSPS) is 13.2. The minimum atomic E-state index is -0.817. The van der Waals surface area contributed by atoms with Crippen molar-refractivity contribution >= 4 is 17.9 Å². The van der Waals surface area contributed by atoms with Gasteiger partial charge in [0.2, 0.25) is 11.8 Å². The molecule has 0 spiro atoms. The Hall–Kier alpha value is -2.57. The molecule has 7 heteroatoms. The number of nitrogens with zero attached hydrogens (tertiary/aromatic N) is 1. The standard InChI is InChI=1S/C26H43N3O4/c1-9-11-16-27-23(30)22(20-14-12-19(5)13-15-20)29(17-10-2)24(31)21(18(3)4)28-25(32)33-26(6,7)8/h12-15,18,21-22H,9-11,16-17H2,1-8H3,(H,27,30)(H,28,32). The predicted molar refractivity (Wildman–Crippen MR) is 132 cm³/mol. The smallest absolute Gasteiger partial charge is 0.408 e. The van der Waals surface area contributed by atoms with Gasteiger partial charge in [0.1, 0.15) is 17.7 Å². The lowest BCUT2D eigenvalue weighted by molar-refractivity contribution is -0.143. The molecule has 0 heterocycles. The summed E-state index contributed by atoms with van der Waals surface area (Å²) in [5.41, 5.74) is 1.14. The SMILES string of the molecule is CCCCNC(=O)C(c1ccc(C)cc1)N(CCC)C(=O)C(NC(=O)OC(C)(C)C)C(C)C. The minimum absolute atomic E-state index is 0.189. The average Bonchev–Trinajstić information content (AvgIpc) is 2.71. The minimum Gasteiger partial charge on any atom is -0.444 e. The van der Waals surface area contributed by atoms with Crippen LogP contribution < -0.4 is 10.6 Å². The number of hydrogen-bond donors (Lipinski definition) is 2. The number of rotatable bonds is 11. The van der Waals surface area contributed by atoms with Crippen molar-refractivity contribution in [3.8, 4) is 0 Å². The molecule has 0 saturated carbocycles. The monoisotopic (exact) mass is 461 g/mol. The van der Waals surface area contributed by atoms with E-state index in [2.05, 4.69) is 17.6 Å². The lowest BCUT2D eigenvalue weighted by Crippen LogP contribution is -2.55. The lowest BCUT2D eigenvalue weighted by Gasteiger charge is -2.35. The zero-order chi connectivity index (χ0) is 25.2. The van der Waals surface area contributed by atoms with Gasteiger partial charge in [0.15, 0.2) is 0 Å². The van der Waals surface area contributed by atoms with Gasteiger partial charge < -0.3 is 20.3 Å². The topological polar surface area (TPSA) is 87.7 Å². The molecule has 33 heavy (non-hydrogen) atoms. The number of unbranched alkanes of at least 4 members (excludes halogenated alkanes) is 1. The summed E-state index contributed by atoms with van der Waals surface area (Å²) in [6.45, 7) is 16.0. The molecule has 1 aromatic rings. The van der Waals surface area contributed by atoms with E-state index in [4.69, 9.17) is 4.74 Å². The van der Waals surface area contributed by atoms with Crippen LogP contribution in [0, 0.1) is 12.8 Å². The molecular formula is C26H43N3O4. The maximum Gasteiger partial charge on any atom is 0.408 e. The lowest BCUT2D eigenvalue weighted by atomic mass is 9.98. The highest BCUT2D eigenvalue weighted by atomic mass is 16.6. The number of hydrogen-bond acceptors (Lipinski definition) is 4. The van der Waals surface area contributed by atoms with E-state index in [9.17, 15) is 14.4 Å². The van der Waals surface area contributed by atoms with E-state index in [1.54, 1.807) is 25.7 Å². The molecule has 1 rings (SSSR count). The Morgan fingerprint density at radius 3 is 2.12 bits per heavy atom. The van der Waals surface area contributed by atoms with Crippen LogP contribution in [0.2, 0.25) is 0 Å². The molecule has 0 aromatic heterocycles. The van der Waals surface area contributed by atoms with Gasteiger partial charge in [-0.3, -0.25) is 9.59 Å². The van der Waals surface area contributed by atoms with Crippen LogP contribution in [-0.2, 0) is 14.3 Å². The zero-order valence-electron chi connectivity index (χ0n) is 21.7. The molecule has 7 nitrogen and oxygen atoms in total. The molecule has 0 fully saturated rings. The van der Waals surface area contributed by atoms with Crippen molar-refractivity contribution < 1.29 is 19.1 Å². The number of amides is 3. The first kappa shape index (κ1) is 28.5. The van der Waals surface area contributed by atoms with E-state index in [0.29, 0.717) is 19.5 Å². The third-order valence-corrected chi connectivity index (χ3v) is 5.14. The van der Waals surface area contributed by atoms with Crippen molar-refractivity contribution in [2.45, 2.75) is 92.3 Å². The molecule has 0 aliphatic heterocycles. The van der Waals surface area contributed by atoms with Gasteiger partial charge in [-0.2, -0.15) is 0 Å². The average molecular weight is 462 g/mol. The van der Waals surface area contributed by atoms with Gasteiger partial charge in [-0.25, -0.2) is 4.79 Å². The van der Waals surface area contributed by atoms with E-state index >= 15 is 0 Å². The van der Waals surface area contributed by atoms with Crippen molar-refractivity contribution in [3.63, 3.8) is 0 Å². The number of ether oxygens (including phenoxy) is 1. The maximum atomic E-state index is 13.8. The Balaban J connectivity index is 3.32. The first-order valence-corrected chi connectivity index (χ1v) is 12.1. The summed E-state index contributed by atoms with van der Waals surface area (Å²) in [6.07, 6.45) is 1.85. The van der Waals surface area contributed by atoms with Gasteiger partial charge in [-0.05, 0) is 52.0 Å². The molecule has 2 N–H and O–H groups in total. The third kappa shape index (κ3) is 9.44. The van der Waals surface area contributed by atoms with Gasteiger partial charge in [0.05, 0.1) is 0 Å². The molecule has 0 aliphatic carbocycles. The number of aryl methyl sites for hydroxylation is 1. The highest BCUT2D eigenvalue weighted by Gasteiger charge is 2.37. The first-order chi connectivity index (χ1) is 15.4. The molecule has 3 amide bonds. The maximum absolute atomic E-state index is 13.8. The second kappa shape index (κ2) is 13.2. The van der Waals surface area contributed by atoms with E-state index in [1.165, 1.54) is 0 Å². The van der Waals surface area contributed by atoms with Gasteiger partial charge >= 0.3 is 6.09 Å². The Kier molecular flexibility index (Phi) is 11.4. The number of benzene rings is 1. The first-order valence-electron chi connectivity index (χ1n) is 12.1. The van der Waals surface area contributed by atoms with Crippen molar-refractivity contribution in [2.24, 2.45) is 5.92 Å². The second-order valence-corrected chi connectivity index (χ2v) is 9.86. The van der Waals surface area contributed by atoms with Gasteiger partial charge in [-0.15, -0.1) is 0 Å². The Morgan fingerprint density at radius 1 is 1.03 bits per heavy atom. The molecule has 0 bridgehead atoms. The molecular weight excluding hydrogens is 418 g/mol. The van der Waals surface area contributed by atoms with E-state index in [0.717, 1.165) is 24.0 Å². The number of nitrogens with one attached hydrogen (secondary N) is 2. The van der Waals surface area contributed by atoms with E-state index < -0.39 is 23.8 Å². The number of carbonyl (C=O) groups is 3. The van der Waals surface area contributed by atoms with Gasteiger partial charge in [-0.1, -0.05) is 63.9 Å². The fourth-order valence-corrected chi connectivity index (χ4v) is 3.44. The summed E-state index contributed by atoms with van der Waals surface area (Å²) < 4.78 is 5.38. The van der Waals surface area contributed by atoms with Crippen molar-refractivity contribution in [1.82, 2.24) is 15.5 Å². The summed E-state index contributed by atoms with van der Waals surface area (Å²) in [4.78, 5) is 41.1. The number of carbonyl (C=O) groups excluding carboxylic acids is 3. The van der Waals surface area contributed by atoms with Crippen molar-refractivity contribution in [2.75, 3.05) is 13.1 Å². The van der Waals surface area contributed by atoms with Crippen LogP contribution in [0.4, 0.5) is 4.79 Å². The highest BCUT2D eigenvalue weighted by molar-refractivity contribution is 5.92. The summed E-state index contributed by atoms with van der Waals surface area (Å²) in [5, 5.41) is 5.72. The van der Waals surface area contributed by atoms with Crippen LogP contribution in [-0.4, -0.2) is 47.5 Å². The second-order valence-electron chi connectivity index (χ2n) is 9.86. The van der Waals surface area contributed by atoms with Crippen molar-refractivity contribution in [1.29, 1.82) is 0 Å². The van der Waals surface area contributed by atoms with Crippen LogP contribution >= 0.6 is 0 Å². The van der Waals surface area contributed by atoms with Crippen LogP contribution in [0.1, 0.15) is 84.9 Å². The fourth-order valence-electron chi connectivity index (χ4n) is 3.44. The molecule has 2 atom stereocenters. The summed E-state index contributed by atoms with van der Waals surface area (Å²) >= 11 is 0. The van der Waals surface area contributed by atoms with Gasteiger partial charge in [0, 0.05) is 13.1 Å². The van der Waals surface area contributed by atoms with Crippen molar-refractivity contribution in [3.05, 3.63) is 35.4 Å². The summed E-state index contributed by atoms with van der Waals surface area (Å²) in [7, 11) is 0. The van der Waals surface area contributed by atoms with Crippen LogP contribution in [0.15, 0.2) is 24.3 Å². The van der Waals surface area contributed by atoms with Gasteiger partial charge in [0.25, 0.3) is 0 Å². The highest BCUT2D eigenvalue weighted by Crippen LogP contribution is 2.25. The molecule has 2 unspecified atom stereocenters. The predicted octanol–water partition coefficient (Wildman–Crippen LogP) is 4.74. The van der Waals surface area contributed by atoms with Crippen LogP contribution in [0.3, 0.4) is 0 Å². The van der Waals surface area contributed by atoms with E-state index in [-0.39, 0.29) is 17.7 Å². The molecule has 1 aromatic carbocycles. The Bertz CT molecular complexity index is 769. The fraction of sp³-hybridized carbons (Fsp3) is 0.654. The number of alkyl carbamates (subject to hydrolysis) is 1. The molecule has 0 aliphatic rings. The van der Waals surface area contributed by atoms with E-state index in [1.807, 2.05) is 52.0 Å². The quantitative estimate of drug-likeness (QED) is 0.466.